The Labute approximate surface area is 112 Å². The number of anilines is 1. The summed E-state index contributed by atoms with van der Waals surface area (Å²) in [6, 6.07) is 6.68. The van der Waals surface area contributed by atoms with E-state index < -0.39 is 0 Å². The minimum Gasteiger partial charge on any atom is -0.356 e. The van der Waals surface area contributed by atoms with Crippen LogP contribution in [0.1, 0.15) is 40.3 Å². The molecule has 0 aliphatic carbocycles. The molecule has 0 saturated heterocycles. The van der Waals surface area contributed by atoms with Gasteiger partial charge in [0, 0.05) is 19.6 Å². The van der Waals surface area contributed by atoms with Crippen LogP contribution in [-0.4, -0.2) is 24.6 Å². The zero-order valence-electron chi connectivity index (χ0n) is 12.6. The van der Waals surface area contributed by atoms with E-state index in [-0.39, 0.29) is 5.41 Å². The molecule has 102 valence electrons. The van der Waals surface area contributed by atoms with Crippen molar-refractivity contribution < 1.29 is 0 Å². The van der Waals surface area contributed by atoms with Crippen LogP contribution in [0.5, 0.6) is 0 Å². The third-order valence-electron chi connectivity index (χ3n) is 3.54. The Hall–Kier alpha value is -1.09. The Balaban J connectivity index is 2.82. The molecule has 0 aliphatic rings. The fraction of sp³-hybridized carbons (Fsp3) is 0.667. The van der Waals surface area contributed by atoms with Crippen molar-refractivity contribution in [2.45, 2.75) is 47.2 Å². The molecular formula is C15H27N3. The number of aromatic nitrogens is 1. The van der Waals surface area contributed by atoms with Crippen LogP contribution in [0.15, 0.2) is 18.2 Å². The summed E-state index contributed by atoms with van der Waals surface area (Å²) in [5.74, 6) is 1.05. The molecule has 1 aromatic rings. The summed E-state index contributed by atoms with van der Waals surface area (Å²) in [7, 11) is 2.12. The van der Waals surface area contributed by atoms with Gasteiger partial charge in [0.25, 0.3) is 0 Å². The van der Waals surface area contributed by atoms with Gasteiger partial charge >= 0.3 is 0 Å². The van der Waals surface area contributed by atoms with E-state index in [4.69, 9.17) is 4.98 Å². The van der Waals surface area contributed by atoms with Crippen LogP contribution >= 0.6 is 0 Å². The van der Waals surface area contributed by atoms with E-state index in [0.717, 1.165) is 24.6 Å². The summed E-state index contributed by atoms with van der Waals surface area (Å²) in [5, 5.41) is 3.31. The second-order valence-corrected chi connectivity index (χ2v) is 5.92. The largest absolute Gasteiger partial charge is 0.356 e. The molecule has 18 heavy (non-hydrogen) atoms. The van der Waals surface area contributed by atoms with Gasteiger partial charge < -0.3 is 10.2 Å². The summed E-state index contributed by atoms with van der Waals surface area (Å²) < 4.78 is 0. The Morgan fingerprint density at radius 2 is 2.00 bits per heavy atom. The fourth-order valence-corrected chi connectivity index (χ4v) is 1.79. The molecule has 0 saturated carbocycles. The lowest BCUT2D eigenvalue weighted by Crippen LogP contribution is -2.39. The van der Waals surface area contributed by atoms with Crippen LogP contribution < -0.4 is 10.2 Å². The Kier molecular flexibility index (Phi) is 5.15. The Morgan fingerprint density at radius 3 is 2.56 bits per heavy atom. The zero-order valence-corrected chi connectivity index (χ0v) is 12.6. The van der Waals surface area contributed by atoms with Gasteiger partial charge in [0.05, 0.1) is 5.69 Å². The van der Waals surface area contributed by atoms with Crippen molar-refractivity contribution in [1.29, 1.82) is 0 Å². The molecule has 3 nitrogen and oxygen atoms in total. The number of pyridine rings is 1. The van der Waals surface area contributed by atoms with Crippen LogP contribution in [0.3, 0.4) is 0 Å². The first-order chi connectivity index (χ1) is 8.36. The molecule has 0 fully saturated rings. The third-order valence-corrected chi connectivity index (χ3v) is 3.54. The van der Waals surface area contributed by atoms with Crippen LogP contribution in [0.25, 0.3) is 0 Å². The normalized spacial score (nSPS) is 13.4. The molecule has 1 atom stereocenters. The minimum atomic E-state index is 0.244. The molecule has 0 spiro atoms. The Bertz CT molecular complexity index is 368. The van der Waals surface area contributed by atoms with Gasteiger partial charge in [0.15, 0.2) is 0 Å². The molecule has 1 aromatic heterocycles. The molecule has 0 radical (unpaired) electrons. The second kappa shape index (κ2) is 6.19. The molecule has 0 aromatic carbocycles. The highest BCUT2D eigenvalue weighted by atomic mass is 15.2. The highest BCUT2D eigenvalue weighted by Crippen LogP contribution is 2.26. The number of hydrogen-bond acceptors (Lipinski definition) is 3. The van der Waals surface area contributed by atoms with E-state index in [9.17, 15) is 0 Å². The first kappa shape index (κ1) is 15.0. The highest BCUT2D eigenvalue weighted by molar-refractivity contribution is 5.39. The summed E-state index contributed by atoms with van der Waals surface area (Å²) in [4.78, 5) is 6.97. The standard InChI is InChI=1S/C15H27N3/c1-7-16-11-13-9-8-10-14(17-13)18(6)12(2)15(3,4)5/h8-10,12,16H,7,11H2,1-6H3. The average molecular weight is 249 g/mol. The van der Waals surface area contributed by atoms with E-state index in [0.29, 0.717) is 6.04 Å². The lowest BCUT2D eigenvalue weighted by Gasteiger charge is -2.36. The average Bonchev–Trinajstić information content (AvgIpc) is 2.33. The first-order valence-electron chi connectivity index (χ1n) is 6.75. The van der Waals surface area contributed by atoms with Gasteiger partial charge in [-0.05, 0) is 31.0 Å². The fourth-order valence-electron chi connectivity index (χ4n) is 1.79. The highest BCUT2D eigenvalue weighted by Gasteiger charge is 2.24. The predicted molar refractivity (Wildman–Crippen MR) is 78.9 cm³/mol. The van der Waals surface area contributed by atoms with E-state index in [1.165, 1.54) is 0 Å². The van der Waals surface area contributed by atoms with Crippen molar-refractivity contribution in [2.75, 3.05) is 18.5 Å². The quantitative estimate of drug-likeness (QED) is 0.869. The lowest BCUT2D eigenvalue weighted by molar-refractivity contribution is 0.328. The van der Waals surface area contributed by atoms with Gasteiger partial charge in [-0.1, -0.05) is 33.8 Å². The number of nitrogens with one attached hydrogen (secondary N) is 1. The number of rotatable bonds is 5. The monoisotopic (exact) mass is 249 g/mol. The summed E-state index contributed by atoms with van der Waals surface area (Å²) >= 11 is 0. The van der Waals surface area contributed by atoms with E-state index in [1.807, 2.05) is 0 Å². The lowest BCUT2D eigenvalue weighted by atomic mass is 9.87. The third kappa shape index (κ3) is 3.98. The van der Waals surface area contributed by atoms with Gasteiger partial charge in [-0.2, -0.15) is 0 Å². The van der Waals surface area contributed by atoms with Crippen molar-refractivity contribution in [2.24, 2.45) is 5.41 Å². The molecule has 0 amide bonds. The van der Waals surface area contributed by atoms with Crippen molar-refractivity contribution in [1.82, 2.24) is 10.3 Å². The van der Waals surface area contributed by atoms with E-state index in [1.54, 1.807) is 0 Å². The van der Waals surface area contributed by atoms with Gasteiger partial charge in [0.2, 0.25) is 0 Å². The van der Waals surface area contributed by atoms with Gasteiger partial charge in [-0.15, -0.1) is 0 Å². The van der Waals surface area contributed by atoms with Gasteiger partial charge in [-0.3, -0.25) is 0 Å². The smallest absolute Gasteiger partial charge is 0.128 e. The first-order valence-corrected chi connectivity index (χ1v) is 6.75. The van der Waals surface area contributed by atoms with Crippen molar-refractivity contribution in [3.05, 3.63) is 23.9 Å². The molecule has 1 N–H and O–H groups in total. The predicted octanol–water partition coefficient (Wildman–Crippen LogP) is 3.06. The molecule has 1 rings (SSSR count). The Morgan fingerprint density at radius 1 is 1.33 bits per heavy atom. The number of hydrogen-bond donors (Lipinski definition) is 1. The van der Waals surface area contributed by atoms with E-state index >= 15 is 0 Å². The summed E-state index contributed by atoms with van der Waals surface area (Å²) in [5.41, 5.74) is 1.34. The molecule has 1 heterocycles. The van der Waals surface area contributed by atoms with Crippen LogP contribution in [-0.2, 0) is 6.54 Å². The zero-order chi connectivity index (χ0) is 13.8. The van der Waals surface area contributed by atoms with Crippen LogP contribution in [0.2, 0.25) is 0 Å². The maximum absolute atomic E-state index is 4.71. The maximum atomic E-state index is 4.71. The van der Waals surface area contributed by atoms with Crippen LogP contribution in [0.4, 0.5) is 5.82 Å². The van der Waals surface area contributed by atoms with Crippen LogP contribution in [0, 0.1) is 5.41 Å². The van der Waals surface area contributed by atoms with Crippen molar-refractivity contribution >= 4 is 5.82 Å². The number of nitrogens with zero attached hydrogens (tertiary/aromatic N) is 2. The summed E-state index contributed by atoms with van der Waals surface area (Å²) in [6.07, 6.45) is 0. The molecular weight excluding hydrogens is 222 g/mol. The molecule has 0 bridgehead atoms. The SMILES string of the molecule is CCNCc1cccc(N(C)C(C)C(C)(C)C)n1. The molecule has 1 unspecified atom stereocenters. The van der Waals surface area contributed by atoms with Gasteiger partial charge in [0.1, 0.15) is 5.82 Å². The maximum Gasteiger partial charge on any atom is 0.128 e. The molecule has 3 heteroatoms. The minimum absolute atomic E-state index is 0.244. The second-order valence-electron chi connectivity index (χ2n) is 5.92. The van der Waals surface area contributed by atoms with Crippen molar-refractivity contribution in [3.63, 3.8) is 0 Å². The van der Waals surface area contributed by atoms with E-state index in [2.05, 4.69) is 70.1 Å². The van der Waals surface area contributed by atoms with Crippen molar-refractivity contribution in [3.8, 4) is 0 Å². The van der Waals surface area contributed by atoms with Gasteiger partial charge in [-0.25, -0.2) is 4.98 Å². The topological polar surface area (TPSA) is 28.2 Å². The summed E-state index contributed by atoms with van der Waals surface area (Å²) in [6.45, 7) is 12.9. The molecule has 0 aliphatic heterocycles.